The molecule has 0 bridgehead atoms. The van der Waals surface area contributed by atoms with Crippen LogP contribution in [-0.4, -0.2) is 34.0 Å². The molecular weight excluding hydrogens is 280 g/mol. The number of benzene rings is 1. The SMILES string of the molecule is O=C(O)CCc1cccc(NC(=O)C2CSC(=O)N2)c1. The maximum Gasteiger partial charge on any atom is 0.303 e. The molecule has 1 aromatic rings. The second kappa shape index (κ2) is 6.42. The van der Waals surface area contributed by atoms with Gasteiger partial charge in [-0.3, -0.25) is 14.4 Å². The Morgan fingerprint density at radius 1 is 1.45 bits per heavy atom. The van der Waals surface area contributed by atoms with Crippen LogP contribution in [0, 0.1) is 0 Å². The van der Waals surface area contributed by atoms with Crippen LogP contribution in [-0.2, 0) is 16.0 Å². The van der Waals surface area contributed by atoms with E-state index in [4.69, 9.17) is 5.11 Å². The number of amides is 2. The zero-order chi connectivity index (χ0) is 14.5. The Labute approximate surface area is 119 Å². The highest BCUT2D eigenvalue weighted by Gasteiger charge is 2.27. The Bertz CT molecular complexity index is 547. The molecule has 3 N–H and O–H groups in total. The van der Waals surface area contributed by atoms with Crippen molar-refractivity contribution in [1.29, 1.82) is 0 Å². The second-order valence-corrected chi connectivity index (χ2v) is 5.37. The summed E-state index contributed by atoms with van der Waals surface area (Å²) in [6, 6.07) is 6.52. The highest BCUT2D eigenvalue weighted by atomic mass is 32.2. The van der Waals surface area contributed by atoms with Crippen LogP contribution < -0.4 is 10.6 Å². The van der Waals surface area contributed by atoms with Crippen LogP contribution >= 0.6 is 11.8 Å². The lowest BCUT2D eigenvalue weighted by molar-refractivity contribution is -0.137. The van der Waals surface area contributed by atoms with Crippen molar-refractivity contribution in [3.05, 3.63) is 29.8 Å². The van der Waals surface area contributed by atoms with E-state index >= 15 is 0 Å². The average Bonchev–Trinajstić information content (AvgIpc) is 2.84. The summed E-state index contributed by atoms with van der Waals surface area (Å²) in [5, 5.41) is 13.7. The van der Waals surface area contributed by atoms with Crippen LogP contribution in [0.25, 0.3) is 0 Å². The summed E-state index contributed by atoms with van der Waals surface area (Å²) in [6.07, 6.45) is 0.460. The Morgan fingerprint density at radius 2 is 2.25 bits per heavy atom. The smallest absolute Gasteiger partial charge is 0.303 e. The molecule has 2 amide bonds. The minimum absolute atomic E-state index is 0.0483. The van der Waals surface area contributed by atoms with Gasteiger partial charge < -0.3 is 15.7 Å². The molecule has 0 aliphatic carbocycles. The van der Waals surface area contributed by atoms with Gasteiger partial charge in [0.25, 0.3) is 5.24 Å². The minimum atomic E-state index is -0.856. The van der Waals surface area contributed by atoms with E-state index in [1.165, 1.54) is 0 Å². The van der Waals surface area contributed by atoms with Crippen molar-refractivity contribution in [2.24, 2.45) is 0 Å². The van der Waals surface area contributed by atoms with E-state index in [1.807, 2.05) is 6.07 Å². The topological polar surface area (TPSA) is 95.5 Å². The molecule has 1 aromatic carbocycles. The van der Waals surface area contributed by atoms with Crippen molar-refractivity contribution in [1.82, 2.24) is 5.32 Å². The molecule has 20 heavy (non-hydrogen) atoms. The maximum atomic E-state index is 11.9. The summed E-state index contributed by atoms with van der Waals surface area (Å²) in [5.74, 6) is -0.701. The molecule has 1 saturated heterocycles. The Hall–Kier alpha value is -2.02. The van der Waals surface area contributed by atoms with Gasteiger partial charge in [-0.1, -0.05) is 23.9 Å². The van der Waals surface area contributed by atoms with Crippen molar-refractivity contribution < 1.29 is 19.5 Å². The molecule has 0 spiro atoms. The lowest BCUT2D eigenvalue weighted by Gasteiger charge is -2.11. The van der Waals surface area contributed by atoms with E-state index in [9.17, 15) is 14.4 Å². The number of aliphatic carboxylic acids is 1. The van der Waals surface area contributed by atoms with Crippen LogP contribution in [0.1, 0.15) is 12.0 Å². The van der Waals surface area contributed by atoms with E-state index in [0.717, 1.165) is 17.3 Å². The standard InChI is InChI=1S/C13H14N2O4S/c16-11(17)5-4-8-2-1-3-9(6-8)14-12(18)10-7-20-13(19)15-10/h1-3,6,10H,4-5,7H2,(H,14,18)(H,15,19)(H,16,17). The lowest BCUT2D eigenvalue weighted by atomic mass is 10.1. The second-order valence-electron chi connectivity index (χ2n) is 4.38. The molecule has 2 rings (SSSR count). The summed E-state index contributed by atoms with van der Waals surface area (Å²) in [6.45, 7) is 0. The summed E-state index contributed by atoms with van der Waals surface area (Å²) in [4.78, 5) is 33.5. The van der Waals surface area contributed by atoms with Gasteiger partial charge in [0, 0.05) is 17.9 Å². The van der Waals surface area contributed by atoms with E-state index in [0.29, 0.717) is 17.9 Å². The Kier molecular flexibility index (Phi) is 4.62. The van der Waals surface area contributed by atoms with Gasteiger partial charge in [-0.15, -0.1) is 0 Å². The zero-order valence-electron chi connectivity index (χ0n) is 10.6. The maximum absolute atomic E-state index is 11.9. The first-order valence-corrected chi connectivity index (χ1v) is 7.08. The number of anilines is 1. The van der Waals surface area contributed by atoms with Crippen molar-refractivity contribution in [2.45, 2.75) is 18.9 Å². The number of carboxylic acid groups (broad SMARTS) is 1. The summed E-state index contributed by atoms with van der Waals surface area (Å²) >= 11 is 1.08. The van der Waals surface area contributed by atoms with Gasteiger partial charge in [0.2, 0.25) is 5.91 Å². The van der Waals surface area contributed by atoms with Gasteiger partial charge in [-0.25, -0.2) is 0 Å². The van der Waals surface area contributed by atoms with Crippen molar-refractivity contribution in [3.8, 4) is 0 Å². The largest absolute Gasteiger partial charge is 0.481 e. The fourth-order valence-electron chi connectivity index (χ4n) is 1.81. The minimum Gasteiger partial charge on any atom is -0.481 e. The van der Waals surface area contributed by atoms with Crippen molar-refractivity contribution in [3.63, 3.8) is 0 Å². The molecule has 1 unspecified atom stereocenters. The molecule has 106 valence electrons. The molecule has 0 saturated carbocycles. The molecule has 1 heterocycles. The van der Waals surface area contributed by atoms with Crippen LogP contribution in [0.3, 0.4) is 0 Å². The van der Waals surface area contributed by atoms with Crippen LogP contribution in [0.2, 0.25) is 0 Å². The molecule has 1 aliphatic heterocycles. The summed E-state index contributed by atoms with van der Waals surface area (Å²) < 4.78 is 0. The van der Waals surface area contributed by atoms with E-state index in [-0.39, 0.29) is 17.6 Å². The van der Waals surface area contributed by atoms with Crippen LogP contribution in [0.15, 0.2) is 24.3 Å². The van der Waals surface area contributed by atoms with E-state index in [1.54, 1.807) is 18.2 Å². The first-order valence-electron chi connectivity index (χ1n) is 6.09. The number of hydrogen-bond donors (Lipinski definition) is 3. The highest BCUT2D eigenvalue weighted by molar-refractivity contribution is 8.14. The third-order valence-electron chi connectivity index (χ3n) is 2.81. The summed E-state index contributed by atoms with van der Waals surface area (Å²) in [7, 11) is 0. The Morgan fingerprint density at radius 3 is 2.90 bits per heavy atom. The van der Waals surface area contributed by atoms with E-state index < -0.39 is 12.0 Å². The van der Waals surface area contributed by atoms with Gasteiger partial charge in [0.1, 0.15) is 6.04 Å². The van der Waals surface area contributed by atoms with Gasteiger partial charge in [0.15, 0.2) is 0 Å². The fourth-order valence-corrected chi connectivity index (χ4v) is 2.59. The molecule has 0 radical (unpaired) electrons. The number of hydrogen-bond acceptors (Lipinski definition) is 4. The van der Waals surface area contributed by atoms with Crippen molar-refractivity contribution >= 4 is 34.6 Å². The number of aryl methyl sites for hydroxylation is 1. The molecule has 1 aliphatic rings. The number of carbonyl (C=O) groups excluding carboxylic acids is 2. The average molecular weight is 294 g/mol. The van der Waals surface area contributed by atoms with E-state index in [2.05, 4.69) is 10.6 Å². The summed E-state index contributed by atoms with van der Waals surface area (Å²) in [5.41, 5.74) is 1.44. The zero-order valence-corrected chi connectivity index (χ0v) is 11.4. The first-order chi connectivity index (χ1) is 9.54. The monoisotopic (exact) mass is 294 g/mol. The van der Waals surface area contributed by atoms with Crippen LogP contribution in [0.5, 0.6) is 0 Å². The van der Waals surface area contributed by atoms with Gasteiger partial charge >= 0.3 is 5.97 Å². The number of thioether (sulfide) groups is 1. The molecule has 0 aromatic heterocycles. The van der Waals surface area contributed by atoms with Crippen LogP contribution in [0.4, 0.5) is 10.5 Å². The number of carboxylic acids is 1. The number of rotatable bonds is 5. The number of carbonyl (C=O) groups is 3. The molecule has 7 heteroatoms. The highest BCUT2D eigenvalue weighted by Crippen LogP contribution is 2.16. The quantitative estimate of drug-likeness (QED) is 0.764. The van der Waals surface area contributed by atoms with Gasteiger partial charge in [0.05, 0.1) is 0 Å². The molecule has 1 fully saturated rings. The predicted octanol–water partition coefficient (Wildman–Crippen LogP) is 1.47. The molecule has 1 atom stereocenters. The third kappa shape index (κ3) is 3.99. The number of nitrogens with one attached hydrogen (secondary N) is 2. The Balaban J connectivity index is 1.95. The normalized spacial score (nSPS) is 17.6. The van der Waals surface area contributed by atoms with Crippen molar-refractivity contribution in [2.75, 3.05) is 11.1 Å². The predicted molar refractivity (Wildman–Crippen MR) is 75.8 cm³/mol. The first kappa shape index (κ1) is 14.4. The van der Waals surface area contributed by atoms with Gasteiger partial charge in [-0.05, 0) is 24.1 Å². The lowest BCUT2D eigenvalue weighted by Crippen LogP contribution is -2.38. The molecular formula is C13H14N2O4S. The fraction of sp³-hybridized carbons (Fsp3) is 0.308. The molecule has 6 nitrogen and oxygen atoms in total. The third-order valence-corrected chi connectivity index (χ3v) is 3.69. The van der Waals surface area contributed by atoms with Gasteiger partial charge in [-0.2, -0.15) is 0 Å².